The van der Waals surface area contributed by atoms with Crippen LogP contribution in [0.25, 0.3) is 0 Å². The van der Waals surface area contributed by atoms with Gasteiger partial charge in [0.05, 0.1) is 13.2 Å². The van der Waals surface area contributed by atoms with E-state index in [1.807, 2.05) is 6.92 Å². The van der Waals surface area contributed by atoms with Crippen molar-refractivity contribution in [1.82, 2.24) is 10.1 Å². The van der Waals surface area contributed by atoms with Crippen LogP contribution in [0.5, 0.6) is 0 Å². The highest BCUT2D eigenvalue weighted by atomic mass is 16.5. The Kier molecular flexibility index (Phi) is 4.16. The molecule has 1 aliphatic rings. The van der Waals surface area contributed by atoms with Gasteiger partial charge in [0.2, 0.25) is 5.91 Å². The molecule has 7 heteroatoms. The Balaban J connectivity index is 2.03. The summed E-state index contributed by atoms with van der Waals surface area (Å²) in [5.74, 6) is -0.143. The van der Waals surface area contributed by atoms with Gasteiger partial charge in [0.25, 0.3) is 5.91 Å². The lowest BCUT2D eigenvalue weighted by atomic mass is 10.2. The average molecular weight is 267 g/mol. The van der Waals surface area contributed by atoms with Crippen molar-refractivity contribution in [3.05, 3.63) is 17.5 Å². The Bertz CT molecular complexity index is 471. The third-order valence-corrected chi connectivity index (χ3v) is 2.95. The Morgan fingerprint density at radius 1 is 1.58 bits per heavy atom. The molecule has 7 nitrogen and oxygen atoms in total. The zero-order valence-corrected chi connectivity index (χ0v) is 10.8. The Hall–Kier alpha value is -1.89. The number of primary amides is 1. The number of amides is 2. The second-order valence-electron chi connectivity index (χ2n) is 4.44. The highest BCUT2D eigenvalue weighted by Crippen LogP contribution is 2.12. The van der Waals surface area contributed by atoms with E-state index in [1.165, 1.54) is 4.90 Å². The molecule has 1 unspecified atom stereocenters. The van der Waals surface area contributed by atoms with E-state index in [4.69, 9.17) is 15.0 Å². The summed E-state index contributed by atoms with van der Waals surface area (Å²) in [7, 11) is 0. The maximum absolute atomic E-state index is 12.2. The van der Waals surface area contributed by atoms with Crippen LogP contribution in [0.15, 0.2) is 10.6 Å². The van der Waals surface area contributed by atoms with Gasteiger partial charge in [-0.2, -0.15) is 0 Å². The molecule has 0 radical (unpaired) electrons. The van der Waals surface area contributed by atoms with Crippen LogP contribution in [0.2, 0.25) is 0 Å². The predicted octanol–water partition coefficient (Wildman–Crippen LogP) is -0.0466. The number of hydrogen-bond donors (Lipinski definition) is 1. The number of nitrogens with zero attached hydrogens (tertiary/aromatic N) is 2. The Labute approximate surface area is 110 Å². The number of hydrogen-bond acceptors (Lipinski definition) is 5. The van der Waals surface area contributed by atoms with Crippen LogP contribution in [0.4, 0.5) is 0 Å². The first-order valence-corrected chi connectivity index (χ1v) is 6.27. The van der Waals surface area contributed by atoms with Crippen molar-refractivity contribution >= 4 is 11.8 Å². The standard InChI is InChI=1S/C12H17N3O4/c1-2-3-8-6-9(14-19-8)12(17)15-4-5-18-10(7-15)11(13)16/h6,10H,2-5,7H2,1H3,(H2,13,16). The van der Waals surface area contributed by atoms with E-state index in [2.05, 4.69) is 5.16 Å². The number of nitrogens with two attached hydrogens (primary N) is 1. The number of carbonyl (C=O) groups is 2. The molecule has 2 N–H and O–H groups in total. The maximum atomic E-state index is 12.2. The van der Waals surface area contributed by atoms with E-state index in [-0.39, 0.29) is 18.1 Å². The number of rotatable bonds is 4. The van der Waals surface area contributed by atoms with Crippen molar-refractivity contribution in [1.29, 1.82) is 0 Å². The summed E-state index contributed by atoms with van der Waals surface area (Å²) in [4.78, 5) is 24.8. The summed E-state index contributed by atoms with van der Waals surface area (Å²) in [6.07, 6.45) is 0.914. The molecule has 0 aromatic carbocycles. The van der Waals surface area contributed by atoms with Crippen LogP contribution in [0.3, 0.4) is 0 Å². The molecule has 2 rings (SSSR count). The molecule has 1 aromatic heterocycles. The second-order valence-corrected chi connectivity index (χ2v) is 4.44. The van der Waals surface area contributed by atoms with Crippen LogP contribution in [-0.4, -0.2) is 47.7 Å². The Morgan fingerprint density at radius 3 is 3.05 bits per heavy atom. The van der Waals surface area contributed by atoms with Crippen molar-refractivity contribution in [3.8, 4) is 0 Å². The first-order chi connectivity index (χ1) is 9.11. The largest absolute Gasteiger partial charge is 0.367 e. The summed E-state index contributed by atoms with van der Waals surface area (Å²) >= 11 is 0. The second kappa shape index (κ2) is 5.83. The summed E-state index contributed by atoms with van der Waals surface area (Å²) in [5.41, 5.74) is 5.43. The molecule has 2 amide bonds. The van der Waals surface area contributed by atoms with E-state index < -0.39 is 12.0 Å². The van der Waals surface area contributed by atoms with E-state index in [0.717, 1.165) is 12.8 Å². The van der Waals surface area contributed by atoms with Gasteiger partial charge in [-0.15, -0.1) is 0 Å². The number of aryl methyl sites for hydroxylation is 1. The van der Waals surface area contributed by atoms with E-state index in [1.54, 1.807) is 6.07 Å². The average Bonchev–Trinajstić information content (AvgIpc) is 2.87. The summed E-state index contributed by atoms with van der Waals surface area (Å²) in [6.45, 7) is 2.88. The van der Waals surface area contributed by atoms with Crippen molar-refractivity contribution < 1.29 is 18.8 Å². The topological polar surface area (TPSA) is 98.7 Å². The van der Waals surface area contributed by atoms with Crippen molar-refractivity contribution in [2.45, 2.75) is 25.9 Å². The van der Waals surface area contributed by atoms with E-state index >= 15 is 0 Å². The van der Waals surface area contributed by atoms with Crippen LogP contribution >= 0.6 is 0 Å². The first-order valence-electron chi connectivity index (χ1n) is 6.27. The highest BCUT2D eigenvalue weighted by molar-refractivity contribution is 5.93. The van der Waals surface area contributed by atoms with Crippen LogP contribution in [0, 0.1) is 0 Å². The molecule has 1 atom stereocenters. The fourth-order valence-corrected chi connectivity index (χ4v) is 1.95. The molecule has 0 spiro atoms. The van der Waals surface area contributed by atoms with Gasteiger partial charge < -0.3 is 19.9 Å². The fraction of sp³-hybridized carbons (Fsp3) is 0.583. The number of morpholine rings is 1. The van der Waals surface area contributed by atoms with Gasteiger partial charge in [0.1, 0.15) is 5.76 Å². The third kappa shape index (κ3) is 3.11. The lowest BCUT2D eigenvalue weighted by molar-refractivity contribution is -0.133. The minimum absolute atomic E-state index is 0.157. The molecule has 104 valence electrons. The molecule has 1 saturated heterocycles. The van der Waals surface area contributed by atoms with Gasteiger partial charge in [0, 0.05) is 19.0 Å². The molecule has 19 heavy (non-hydrogen) atoms. The summed E-state index contributed by atoms with van der Waals surface area (Å²) in [6, 6.07) is 1.64. The smallest absolute Gasteiger partial charge is 0.276 e. The Morgan fingerprint density at radius 2 is 2.37 bits per heavy atom. The molecule has 0 saturated carbocycles. The number of aromatic nitrogens is 1. The van der Waals surface area contributed by atoms with Crippen LogP contribution in [0.1, 0.15) is 29.6 Å². The lowest BCUT2D eigenvalue weighted by Crippen LogP contribution is -2.50. The molecule has 1 fully saturated rings. The van der Waals surface area contributed by atoms with Gasteiger partial charge in [-0.1, -0.05) is 12.1 Å². The molecule has 2 heterocycles. The summed E-state index contributed by atoms with van der Waals surface area (Å²) < 4.78 is 10.3. The van der Waals surface area contributed by atoms with E-state index in [0.29, 0.717) is 18.9 Å². The molecular weight excluding hydrogens is 250 g/mol. The lowest BCUT2D eigenvalue weighted by Gasteiger charge is -2.30. The molecule has 0 bridgehead atoms. The monoisotopic (exact) mass is 267 g/mol. The minimum atomic E-state index is -0.750. The van der Waals surface area contributed by atoms with Gasteiger partial charge in [-0.3, -0.25) is 9.59 Å². The number of carbonyl (C=O) groups excluding carboxylic acids is 2. The predicted molar refractivity (Wildman–Crippen MR) is 65.3 cm³/mol. The van der Waals surface area contributed by atoms with Gasteiger partial charge in [-0.25, -0.2) is 0 Å². The normalized spacial score (nSPS) is 19.4. The molecule has 0 aliphatic carbocycles. The maximum Gasteiger partial charge on any atom is 0.276 e. The van der Waals surface area contributed by atoms with Gasteiger partial charge in [-0.05, 0) is 6.42 Å². The summed E-state index contributed by atoms with van der Waals surface area (Å²) in [5, 5.41) is 3.76. The minimum Gasteiger partial charge on any atom is -0.367 e. The SMILES string of the molecule is CCCc1cc(C(=O)N2CCOC(C(N)=O)C2)no1. The zero-order chi connectivity index (χ0) is 13.8. The molecular formula is C12H17N3O4. The number of ether oxygens (including phenoxy) is 1. The van der Waals surface area contributed by atoms with Gasteiger partial charge in [0.15, 0.2) is 11.8 Å². The highest BCUT2D eigenvalue weighted by Gasteiger charge is 2.29. The van der Waals surface area contributed by atoms with Crippen molar-refractivity contribution in [2.24, 2.45) is 5.73 Å². The van der Waals surface area contributed by atoms with E-state index in [9.17, 15) is 9.59 Å². The van der Waals surface area contributed by atoms with Crippen molar-refractivity contribution in [3.63, 3.8) is 0 Å². The molecule has 1 aliphatic heterocycles. The van der Waals surface area contributed by atoms with Gasteiger partial charge >= 0.3 is 0 Å². The first kappa shape index (κ1) is 13.5. The van der Waals surface area contributed by atoms with Crippen LogP contribution in [-0.2, 0) is 16.0 Å². The quantitative estimate of drug-likeness (QED) is 0.824. The zero-order valence-electron chi connectivity index (χ0n) is 10.8. The molecule has 1 aromatic rings. The fourth-order valence-electron chi connectivity index (χ4n) is 1.95. The van der Waals surface area contributed by atoms with Crippen molar-refractivity contribution in [2.75, 3.05) is 19.7 Å². The van der Waals surface area contributed by atoms with Crippen LogP contribution < -0.4 is 5.73 Å². The third-order valence-electron chi connectivity index (χ3n) is 2.95.